The number of carbonyl (C=O) groups is 1. The van der Waals surface area contributed by atoms with Crippen LogP contribution in [0.15, 0.2) is 41.2 Å². The predicted octanol–water partition coefficient (Wildman–Crippen LogP) is 2.20. The Morgan fingerprint density at radius 1 is 1.38 bits per heavy atom. The molecule has 2 aliphatic heterocycles. The van der Waals surface area contributed by atoms with Crippen molar-refractivity contribution < 1.29 is 24.2 Å². The largest absolute Gasteiger partial charge is 0.504 e. The van der Waals surface area contributed by atoms with Gasteiger partial charge in [-0.05, 0) is 56.5 Å². The van der Waals surface area contributed by atoms with Crippen molar-refractivity contribution in [2.75, 3.05) is 14.1 Å². The van der Waals surface area contributed by atoms with Crippen LogP contribution in [0.25, 0.3) is 6.08 Å². The van der Waals surface area contributed by atoms with Crippen LogP contribution in [0.2, 0.25) is 0 Å². The van der Waals surface area contributed by atoms with E-state index in [2.05, 4.69) is 6.07 Å². The first-order valence-electron chi connectivity index (χ1n) is 11.6. The first kappa shape index (κ1) is 21.3. The van der Waals surface area contributed by atoms with Crippen LogP contribution in [-0.4, -0.2) is 69.8 Å². The Morgan fingerprint density at radius 2 is 2.21 bits per heavy atom. The second-order valence-electron chi connectivity index (χ2n) is 10.1. The highest BCUT2D eigenvalue weighted by atomic mass is 16.5. The number of benzene rings is 1. The summed E-state index contributed by atoms with van der Waals surface area (Å²) in [5.41, 5.74) is 0.642. The molecule has 1 spiro atoms. The summed E-state index contributed by atoms with van der Waals surface area (Å²) in [6, 6.07) is 6.75. The number of phenols is 1. The van der Waals surface area contributed by atoms with Gasteiger partial charge >= 0.3 is 0 Å². The molecule has 2 N–H and O–H groups in total. The van der Waals surface area contributed by atoms with Crippen LogP contribution in [0.5, 0.6) is 11.5 Å². The van der Waals surface area contributed by atoms with E-state index in [-0.39, 0.29) is 23.7 Å². The van der Waals surface area contributed by atoms with Crippen LogP contribution in [0.1, 0.15) is 36.0 Å². The molecule has 3 unspecified atom stereocenters. The predicted molar refractivity (Wildman–Crippen MR) is 122 cm³/mol. The van der Waals surface area contributed by atoms with E-state index >= 15 is 0 Å². The van der Waals surface area contributed by atoms with Crippen LogP contribution in [0.3, 0.4) is 0 Å². The molecule has 6 rings (SSSR count). The summed E-state index contributed by atoms with van der Waals surface area (Å²) in [4.78, 5) is 16.8. The normalized spacial score (nSPS) is 35.5. The molecule has 8 nitrogen and oxygen atoms in total. The highest BCUT2D eigenvalue weighted by molar-refractivity contribution is 5.92. The van der Waals surface area contributed by atoms with Gasteiger partial charge in [0.2, 0.25) is 5.91 Å². The van der Waals surface area contributed by atoms with Crippen molar-refractivity contribution in [3.63, 3.8) is 0 Å². The Labute approximate surface area is 197 Å². The number of likely N-dealkylation sites (tertiary alicyclic amines) is 1. The number of nitrogens with zero attached hydrogens (tertiary/aromatic N) is 3. The third-order valence-electron chi connectivity index (χ3n) is 8.76. The van der Waals surface area contributed by atoms with Gasteiger partial charge in [-0.15, -0.1) is 0 Å². The Balaban J connectivity index is 1.45. The van der Waals surface area contributed by atoms with Gasteiger partial charge in [0.25, 0.3) is 0 Å². The number of hydrogen-bond acceptors (Lipinski definition) is 7. The number of amides is 1. The van der Waals surface area contributed by atoms with E-state index in [0.717, 1.165) is 16.7 Å². The topological polar surface area (TPSA) is 110 Å². The molecule has 0 radical (unpaired) electrons. The number of furan rings is 1. The zero-order valence-electron chi connectivity index (χ0n) is 19.1. The summed E-state index contributed by atoms with van der Waals surface area (Å²) in [6.07, 6.45) is 7.73. The van der Waals surface area contributed by atoms with Crippen LogP contribution in [-0.2, 0) is 16.6 Å². The number of hydrogen-bond donors (Lipinski definition) is 2. The molecule has 4 aliphatic rings. The highest BCUT2D eigenvalue weighted by Gasteiger charge is 2.74. The molecule has 176 valence electrons. The minimum atomic E-state index is -1.13. The van der Waals surface area contributed by atoms with E-state index in [9.17, 15) is 20.3 Å². The number of piperidine rings is 1. The Morgan fingerprint density at radius 3 is 2.94 bits per heavy atom. The van der Waals surface area contributed by atoms with Crippen LogP contribution in [0, 0.1) is 11.3 Å². The molecule has 6 atom stereocenters. The summed E-state index contributed by atoms with van der Waals surface area (Å²) >= 11 is 0. The van der Waals surface area contributed by atoms with Gasteiger partial charge in [-0.1, -0.05) is 6.07 Å². The Hall–Kier alpha value is -3.28. The number of likely N-dealkylation sites (N-methyl/N-ethyl adjacent to an activating group) is 2. The molecule has 1 aromatic heterocycles. The first-order chi connectivity index (χ1) is 16.3. The molecule has 1 amide bonds. The number of nitriles is 1. The van der Waals surface area contributed by atoms with E-state index in [0.29, 0.717) is 31.4 Å². The monoisotopic (exact) mass is 461 g/mol. The van der Waals surface area contributed by atoms with Crippen LogP contribution >= 0.6 is 0 Å². The molecule has 3 heterocycles. The van der Waals surface area contributed by atoms with E-state index in [1.54, 1.807) is 42.7 Å². The maximum absolute atomic E-state index is 13.1. The van der Waals surface area contributed by atoms with Gasteiger partial charge in [-0.25, -0.2) is 0 Å². The van der Waals surface area contributed by atoms with E-state index in [1.807, 2.05) is 18.0 Å². The summed E-state index contributed by atoms with van der Waals surface area (Å²) in [6.45, 7) is 0. The van der Waals surface area contributed by atoms with Gasteiger partial charge in [-0.2, -0.15) is 5.26 Å². The van der Waals surface area contributed by atoms with Gasteiger partial charge in [0.15, 0.2) is 11.5 Å². The molecule has 1 saturated heterocycles. The summed E-state index contributed by atoms with van der Waals surface area (Å²) in [7, 11) is 3.65. The van der Waals surface area contributed by atoms with Crippen molar-refractivity contribution in [2.24, 2.45) is 0 Å². The van der Waals surface area contributed by atoms with E-state index in [4.69, 9.17) is 9.15 Å². The second kappa shape index (κ2) is 7.11. The molecule has 8 heteroatoms. The minimum absolute atomic E-state index is 0.0309. The van der Waals surface area contributed by atoms with Crippen molar-refractivity contribution in [2.45, 2.75) is 60.9 Å². The molecular formula is C26H27N3O5. The van der Waals surface area contributed by atoms with Gasteiger partial charge in [0, 0.05) is 30.3 Å². The SMILES string of the molecule is CN(C(=O)/C=C/c1ccoc1)C1CC[C@@]2(O)[C@H]3Cc4ccc(O)c5c4[C@@]2(CC(C#N)N3C)C1O5. The molecule has 2 bridgehead atoms. The lowest BCUT2D eigenvalue weighted by atomic mass is 9.47. The zero-order chi connectivity index (χ0) is 23.8. The maximum Gasteiger partial charge on any atom is 0.246 e. The third kappa shape index (κ3) is 2.51. The number of rotatable bonds is 3. The standard InChI is InChI=1S/C26H27N3O5/c1-28-17(13-27)12-25-22-16-4-5-19(30)23(22)34-24(25)18(7-9-26(25,32)20(28)11-16)29(2)21(31)6-3-15-8-10-33-14-15/h3-6,8,10,14,17-18,20,24,30,32H,7,9,11-12H2,1-2H3/b6-3+/t17?,18?,20-,24?,25+,26-/m1/s1. The number of aliphatic hydroxyl groups is 1. The van der Waals surface area contributed by atoms with Gasteiger partial charge in [-0.3, -0.25) is 9.69 Å². The molecule has 1 saturated carbocycles. The molecule has 2 fully saturated rings. The maximum atomic E-state index is 13.1. The Kier molecular flexibility index (Phi) is 4.45. The fourth-order valence-corrected chi connectivity index (χ4v) is 7.11. The molecule has 34 heavy (non-hydrogen) atoms. The fraction of sp³-hybridized carbons (Fsp3) is 0.462. The second-order valence-corrected chi connectivity index (χ2v) is 10.1. The highest BCUT2D eigenvalue weighted by Crippen LogP contribution is 2.66. The number of phenolic OH excluding ortho intramolecular Hbond substituents is 1. The van der Waals surface area contributed by atoms with Gasteiger partial charge in [0.1, 0.15) is 6.10 Å². The fourth-order valence-electron chi connectivity index (χ4n) is 7.11. The number of carbonyl (C=O) groups excluding carboxylic acids is 1. The smallest absolute Gasteiger partial charge is 0.246 e. The molecule has 2 aliphatic carbocycles. The van der Waals surface area contributed by atoms with Gasteiger partial charge in [0.05, 0.1) is 41.7 Å². The van der Waals surface area contributed by atoms with Gasteiger partial charge < -0.3 is 24.3 Å². The number of ether oxygens (including phenoxy) is 1. The lowest BCUT2D eigenvalue weighted by Crippen LogP contribution is -2.79. The Bertz CT molecular complexity index is 1230. The third-order valence-corrected chi connectivity index (χ3v) is 8.76. The average Bonchev–Trinajstić information content (AvgIpc) is 3.46. The van der Waals surface area contributed by atoms with Crippen molar-refractivity contribution >= 4 is 12.0 Å². The van der Waals surface area contributed by atoms with Crippen molar-refractivity contribution in [1.82, 2.24) is 9.80 Å². The van der Waals surface area contributed by atoms with Crippen molar-refractivity contribution in [3.8, 4) is 17.6 Å². The van der Waals surface area contributed by atoms with Crippen LogP contribution in [0.4, 0.5) is 0 Å². The summed E-state index contributed by atoms with van der Waals surface area (Å²) in [5.74, 6) is 0.236. The van der Waals surface area contributed by atoms with Crippen molar-refractivity contribution in [1.29, 1.82) is 5.26 Å². The molecular weight excluding hydrogens is 434 g/mol. The van der Waals surface area contributed by atoms with Crippen LogP contribution < -0.4 is 4.74 Å². The zero-order valence-corrected chi connectivity index (χ0v) is 19.1. The number of aromatic hydroxyl groups is 1. The van der Waals surface area contributed by atoms with E-state index < -0.39 is 23.2 Å². The first-order valence-corrected chi connectivity index (χ1v) is 11.6. The molecule has 1 aromatic carbocycles. The van der Waals surface area contributed by atoms with E-state index in [1.165, 1.54) is 6.08 Å². The lowest BCUT2D eigenvalue weighted by Gasteiger charge is -2.65. The van der Waals surface area contributed by atoms with Crippen molar-refractivity contribution in [3.05, 3.63) is 53.5 Å². The minimum Gasteiger partial charge on any atom is -0.504 e. The quantitative estimate of drug-likeness (QED) is 0.675. The average molecular weight is 462 g/mol. The lowest BCUT2D eigenvalue weighted by molar-refractivity contribution is -0.202. The summed E-state index contributed by atoms with van der Waals surface area (Å²) < 4.78 is 11.5. The summed E-state index contributed by atoms with van der Waals surface area (Å²) in [5, 5.41) is 33.0. The molecule has 2 aromatic rings.